The van der Waals surface area contributed by atoms with Crippen molar-refractivity contribution in [2.24, 2.45) is 0 Å². The molecule has 3 rings (SSSR count). The van der Waals surface area contributed by atoms with Crippen LogP contribution in [0.25, 0.3) is 0 Å². The van der Waals surface area contributed by atoms with Crippen LogP contribution in [0, 0.1) is 6.92 Å². The van der Waals surface area contributed by atoms with Gasteiger partial charge < -0.3 is 15.0 Å². The van der Waals surface area contributed by atoms with Gasteiger partial charge in [0.1, 0.15) is 5.69 Å². The fourth-order valence-electron chi connectivity index (χ4n) is 2.98. The first-order valence-corrected chi connectivity index (χ1v) is 9.32. The molecule has 0 saturated heterocycles. The third kappa shape index (κ3) is 4.79. The Balaban J connectivity index is 1.76. The van der Waals surface area contributed by atoms with Gasteiger partial charge in [-0.25, -0.2) is 9.78 Å². The third-order valence-corrected chi connectivity index (χ3v) is 4.43. The number of ether oxygens (including phenoxy) is 1. The van der Waals surface area contributed by atoms with E-state index in [0.717, 1.165) is 16.9 Å². The average Bonchev–Trinajstić information content (AvgIpc) is 2.74. The SMILES string of the molecule is CCN(C(=O)c1ccc(Nc2cccc(C(=O)OC)c2)cn1)c1cccc(C)c1. The zero-order valence-corrected chi connectivity index (χ0v) is 16.7. The average molecular weight is 389 g/mol. The lowest BCUT2D eigenvalue weighted by Crippen LogP contribution is -2.31. The van der Waals surface area contributed by atoms with Crippen molar-refractivity contribution in [3.63, 3.8) is 0 Å². The van der Waals surface area contributed by atoms with Crippen molar-refractivity contribution in [2.75, 3.05) is 23.9 Å². The Hall–Kier alpha value is -3.67. The molecule has 0 atom stereocenters. The van der Waals surface area contributed by atoms with Gasteiger partial charge >= 0.3 is 5.97 Å². The van der Waals surface area contributed by atoms with E-state index in [9.17, 15) is 9.59 Å². The van der Waals surface area contributed by atoms with Crippen LogP contribution in [0.5, 0.6) is 0 Å². The number of aryl methyl sites for hydroxylation is 1. The van der Waals surface area contributed by atoms with Gasteiger partial charge in [0, 0.05) is 17.9 Å². The standard InChI is InChI=1S/C23H23N3O3/c1-4-26(20-10-5-7-16(2)13-20)22(27)21-12-11-19(15-24-21)25-18-9-6-8-17(14-18)23(28)29-3/h5-15,25H,4H2,1-3H3. The Morgan fingerprint density at radius 2 is 1.83 bits per heavy atom. The monoisotopic (exact) mass is 389 g/mol. The van der Waals surface area contributed by atoms with Crippen LogP contribution >= 0.6 is 0 Å². The van der Waals surface area contributed by atoms with E-state index in [4.69, 9.17) is 4.74 Å². The Morgan fingerprint density at radius 1 is 1.03 bits per heavy atom. The van der Waals surface area contributed by atoms with Gasteiger partial charge in [-0.2, -0.15) is 0 Å². The van der Waals surface area contributed by atoms with E-state index in [2.05, 4.69) is 10.3 Å². The van der Waals surface area contributed by atoms with Crippen LogP contribution in [0.1, 0.15) is 33.3 Å². The van der Waals surface area contributed by atoms with Gasteiger partial charge in [0.15, 0.2) is 0 Å². The van der Waals surface area contributed by atoms with Crippen molar-refractivity contribution in [2.45, 2.75) is 13.8 Å². The van der Waals surface area contributed by atoms with E-state index in [-0.39, 0.29) is 5.91 Å². The van der Waals surface area contributed by atoms with Gasteiger partial charge in [-0.15, -0.1) is 0 Å². The molecule has 0 aliphatic heterocycles. The highest BCUT2D eigenvalue weighted by molar-refractivity contribution is 6.04. The summed E-state index contributed by atoms with van der Waals surface area (Å²) >= 11 is 0. The minimum atomic E-state index is -0.400. The van der Waals surface area contributed by atoms with Gasteiger partial charge in [0.05, 0.1) is 24.6 Å². The number of nitrogens with zero attached hydrogens (tertiary/aromatic N) is 2. The number of rotatable bonds is 6. The van der Waals surface area contributed by atoms with Gasteiger partial charge in [-0.05, 0) is 61.9 Å². The lowest BCUT2D eigenvalue weighted by Gasteiger charge is -2.21. The molecule has 0 aliphatic rings. The number of methoxy groups -OCH3 is 1. The summed E-state index contributed by atoms with van der Waals surface area (Å²) in [5, 5.41) is 3.18. The number of hydrogen-bond acceptors (Lipinski definition) is 5. The first kappa shape index (κ1) is 20.1. The number of benzene rings is 2. The molecule has 0 bridgehead atoms. The number of pyridine rings is 1. The van der Waals surface area contributed by atoms with Crippen LogP contribution in [0.4, 0.5) is 17.1 Å². The number of carbonyl (C=O) groups excluding carboxylic acids is 2. The second-order valence-electron chi connectivity index (χ2n) is 6.52. The van der Waals surface area contributed by atoms with E-state index < -0.39 is 5.97 Å². The lowest BCUT2D eigenvalue weighted by molar-refractivity contribution is 0.0600. The van der Waals surface area contributed by atoms with Crippen molar-refractivity contribution in [1.82, 2.24) is 4.98 Å². The number of nitrogens with one attached hydrogen (secondary N) is 1. The second-order valence-corrected chi connectivity index (χ2v) is 6.52. The lowest BCUT2D eigenvalue weighted by atomic mass is 10.2. The predicted molar refractivity (Wildman–Crippen MR) is 114 cm³/mol. The number of amides is 1. The number of carbonyl (C=O) groups is 2. The van der Waals surface area contributed by atoms with E-state index in [1.165, 1.54) is 7.11 Å². The van der Waals surface area contributed by atoms with Crippen LogP contribution in [0.2, 0.25) is 0 Å². The summed E-state index contributed by atoms with van der Waals surface area (Å²) in [5.74, 6) is -0.555. The van der Waals surface area contributed by atoms with Gasteiger partial charge in [-0.3, -0.25) is 4.79 Å². The summed E-state index contributed by atoms with van der Waals surface area (Å²) in [6.45, 7) is 4.48. The highest BCUT2D eigenvalue weighted by Gasteiger charge is 2.17. The first-order valence-electron chi connectivity index (χ1n) is 9.32. The molecule has 0 spiro atoms. The zero-order valence-electron chi connectivity index (χ0n) is 16.7. The van der Waals surface area contributed by atoms with Crippen molar-refractivity contribution in [1.29, 1.82) is 0 Å². The molecule has 1 amide bonds. The maximum atomic E-state index is 12.9. The smallest absolute Gasteiger partial charge is 0.337 e. The molecule has 6 nitrogen and oxygen atoms in total. The zero-order chi connectivity index (χ0) is 20.8. The molecule has 1 heterocycles. The number of aromatic nitrogens is 1. The minimum Gasteiger partial charge on any atom is -0.465 e. The highest BCUT2D eigenvalue weighted by atomic mass is 16.5. The number of hydrogen-bond donors (Lipinski definition) is 1. The fraction of sp³-hybridized carbons (Fsp3) is 0.174. The summed E-state index contributed by atoms with van der Waals surface area (Å²) in [5.41, 5.74) is 4.19. The molecule has 6 heteroatoms. The Kier molecular flexibility index (Phi) is 6.24. The van der Waals surface area contributed by atoms with E-state index >= 15 is 0 Å². The van der Waals surface area contributed by atoms with Crippen LogP contribution < -0.4 is 10.2 Å². The molecular weight excluding hydrogens is 366 g/mol. The Morgan fingerprint density at radius 3 is 2.48 bits per heavy atom. The maximum Gasteiger partial charge on any atom is 0.337 e. The van der Waals surface area contributed by atoms with E-state index in [1.807, 2.05) is 44.2 Å². The van der Waals surface area contributed by atoms with E-state index in [0.29, 0.717) is 23.5 Å². The fourth-order valence-corrected chi connectivity index (χ4v) is 2.98. The molecule has 0 unspecified atom stereocenters. The molecule has 0 aliphatic carbocycles. The van der Waals surface area contributed by atoms with Crippen LogP contribution in [-0.2, 0) is 4.74 Å². The van der Waals surface area contributed by atoms with Crippen LogP contribution in [0.15, 0.2) is 66.9 Å². The number of anilines is 3. The molecule has 0 fully saturated rings. The van der Waals surface area contributed by atoms with Crippen molar-refractivity contribution >= 4 is 28.9 Å². The summed E-state index contributed by atoms with van der Waals surface area (Å²) in [6, 6.07) is 18.3. The molecule has 148 valence electrons. The highest BCUT2D eigenvalue weighted by Crippen LogP contribution is 2.20. The Labute approximate surface area is 170 Å². The molecule has 0 saturated carbocycles. The molecule has 29 heavy (non-hydrogen) atoms. The minimum absolute atomic E-state index is 0.155. The summed E-state index contributed by atoms with van der Waals surface area (Å²) < 4.78 is 4.74. The van der Waals surface area contributed by atoms with Gasteiger partial charge in [-0.1, -0.05) is 18.2 Å². The molecule has 2 aromatic carbocycles. The quantitative estimate of drug-likeness (QED) is 0.625. The van der Waals surface area contributed by atoms with Crippen LogP contribution in [-0.4, -0.2) is 30.5 Å². The van der Waals surface area contributed by atoms with Crippen molar-refractivity contribution < 1.29 is 14.3 Å². The molecule has 3 aromatic rings. The van der Waals surface area contributed by atoms with Gasteiger partial charge in [0.2, 0.25) is 0 Å². The Bertz CT molecular complexity index is 1020. The van der Waals surface area contributed by atoms with Gasteiger partial charge in [0.25, 0.3) is 5.91 Å². The van der Waals surface area contributed by atoms with Crippen molar-refractivity contribution in [3.8, 4) is 0 Å². The van der Waals surface area contributed by atoms with Crippen molar-refractivity contribution in [3.05, 3.63) is 83.7 Å². The predicted octanol–water partition coefficient (Wildman–Crippen LogP) is 4.59. The molecule has 1 N–H and O–H groups in total. The normalized spacial score (nSPS) is 10.3. The maximum absolute atomic E-state index is 12.9. The van der Waals surface area contributed by atoms with Crippen LogP contribution in [0.3, 0.4) is 0 Å². The first-order chi connectivity index (χ1) is 14.0. The second kappa shape index (κ2) is 9.01. The topological polar surface area (TPSA) is 71.5 Å². The molecule has 1 aromatic heterocycles. The van der Waals surface area contributed by atoms with E-state index in [1.54, 1.807) is 41.4 Å². The third-order valence-electron chi connectivity index (χ3n) is 4.43. The summed E-state index contributed by atoms with van der Waals surface area (Å²) in [4.78, 5) is 30.6. The number of esters is 1. The molecule has 0 radical (unpaired) electrons. The summed E-state index contributed by atoms with van der Waals surface area (Å²) in [7, 11) is 1.35. The molecular formula is C23H23N3O3. The summed E-state index contributed by atoms with van der Waals surface area (Å²) in [6.07, 6.45) is 1.60. The largest absolute Gasteiger partial charge is 0.465 e.